The topological polar surface area (TPSA) is 46.3 Å². The molecule has 0 spiro atoms. The monoisotopic (exact) mass is 198 g/mol. The van der Waals surface area contributed by atoms with Crippen molar-refractivity contribution in [3.05, 3.63) is 11.3 Å². The van der Waals surface area contributed by atoms with Crippen LogP contribution in [-0.2, 0) is 4.79 Å². The molecule has 0 rings (SSSR count). The molecule has 0 saturated carbocycles. The smallest absolute Gasteiger partial charge is 0.246 e. The van der Waals surface area contributed by atoms with E-state index in [2.05, 4.69) is 6.92 Å². The molecule has 0 saturated heterocycles. The predicted molar refractivity (Wildman–Crippen MR) is 59.7 cm³/mol. The van der Waals surface area contributed by atoms with Crippen molar-refractivity contribution in [1.29, 1.82) is 0 Å². The van der Waals surface area contributed by atoms with Gasteiger partial charge in [-0.25, -0.2) is 0 Å². The van der Waals surface area contributed by atoms with Gasteiger partial charge < -0.3 is 10.6 Å². The number of nitrogens with two attached hydrogens (primary N) is 1. The molecule has 0 aliphatic heterocycles. The quantitative estimate of drug-likeness (QED) is 0.523. The first-order chi connectivity index (χ1) is 6.50. The SMILES string of the molecule is CCCCCC(=C(C)C(N)=O)N(C)C. The second-order valence-electron chi connectivity index (χ2n) is 3.79. The third-order valence-electron chi connectivity index (χ3n) is 2.36. The van der Waals surface area contributed by atoms with Crippen molar-refractivity contribution in [1.82, 2.24) is 4.90 Å². The van der Waals surface area contributed by atoms with Crippen LogP contribution in [0.15, 0.2) is 11.3 Å². The lowest BCUT2D eigenvalue weighted by Gasteiger charge is -2.19. The normalized spacial score (nSPS) is 12.3. The van der Waals surface area contributed by atoms with Crippen molar-refractivity contribution < 1.29 is 4.79 Å². The van der Waals surface area contributed by atoms with Crippen molar-refractivity contribution in [3.63, 3.8) is 0 Å². The molecule has 2 N–H and O–H groups in total. The van der Waals surface area contributed by atoms with Gasteiger partial charge in [0.2, 0.25) is 5.91 Å². The highest BCUT2D eigenvalue weighted by Gasteiger charge is 2.08. The van der Waals surface area contributed by atoms with Gasteiger partial charge in [0.15, 0.2) is 0 Å². The Morgan fingerprint density at radius 3 is 2.21 bits per heavy atom. The van der Waals surface area contributed by atoms with Gasteiger partial charge in [0.1, 0.15) is 0 Å². The molecule has 0 atom stereocenters. The number of nitrogens with zero attached hydrogens (tertiary/aromatic N) is 1. The third-order valence-corrected chi connectivity index (χ3v) is 2.36. The van der Waals surface area contributed by atoms with Crippen LogP contribution in [0.4, 0.5) is 0 Å². The van der Waals surface area contributed by atoms with Crippen molar-refractivity contribution in [2.24, 2.45) is 5.73 Å². The van der Waals surface area contributed by atoms with E-state index in [1.54, 1.807) is 6.92 Å². The van der Waals surface area contributed by atoms with Crippen LogP contribution in [0.5, 0.6) is 0 Å². The lowest BCUT2D eigenvalue weighted by molar-refractivity contribution is -0.114. The first kappa shape index (κ1) is 13.0. The molecule has 3 nitrogen and oxygen atoms in total. The summed E-state index contributed by atoms with van der Waals surface area (Å²) < 4.78 is 0. The summed E-state index contributed by atoms with van der Waals surface area (Å²) in [5.41, 5.74) is 7.00. The maximum Gasteiger partial charge on any atom is 0.246 e. The molecule has 3 heteroatoms. The number of primary amides is 1. The molecule has 14 heavy (non-hydrogen) atoms. The summed E-state index contributed by atoms with van der Waals surface area (Å²) in [6, 6.07) is 0. The van der Waals surface area contributed by atoms with Crippen LogP contribution in [-0.4, -0.2) is 24.9 Å². The number of amides is 1. The van der Waals surface area contributed by atoms with Crippen LogP contribution in [0, 0.1) is 0 Å². The third kappa shape index (κ3) is 4.30. The Morgan fingerprint density at radius 2 is 1.86 bits per heavy atom. The molecule has 1 amide bonds. The van der Waals surface area contributed by atoms with Crippen LogP contribution in [0.3, 0.4) is 0 Å². The summed E-state index contributed by atoms with van der Waals surface area (Å²) in [6.45, 7) is 3.96. The van der Waals surface area contributed by atoms with E-state index >= 15 is 0 Å². The van der Waals surface area contributed by atoms with Gasteiger partial charge in [-0.1, -0.05) is 19.8 Å². The van der Waals surface area contributed by atoms with Crippen LogP contribution >= 0.6 is 0 Å². The van der Waals surface area contributed by atoms with E-state index in [-0.39, 0.29) is 5.91 Å². The lowest BCUT2D eigenvalue weighted by atomic mass is 10.1. The van der Waals surface area contributed by atoms with Gasteiger partial charge in [-0.2, -0.15) is 0 Å². The Labute approximate surface area is 87.0 Å². The number of unbranched alkanes of at least 4 members (excludes halogenated alkanes) is 2. The number of hydrogen-bond acceptors (Lipinski definition) is 2. The van der Waals surface area contributed by atoms with Crippen molar-refractivity contribution in [2.75, 3.05) is 14.1 Å². The van der Waals surface area contributed by atoms with Gasteiger partial charge in [0, 0.05) is 25.4 Å². The van der Waals surface area contributed by atoms with Crippen molar-refractivity contribution >= 4 is 5.91 Å². The van der Waals surface area contributed by atoms with E-state index in [1.165, 1.54) is 12.8 Å². The second kappa shape index (κ2) is 6.46. The summed E-state index contributed by atoms with van der Waals surface area (Å²) >= 11 is 0. The van der Waals surface area contributed by atoms with E-state index in [0.717, 1.165) is 18.5 Å². The minimum Gasteiger partial charge on any atom is -0.381 e. The predicted octanol–water partition coefficient (Wildman–Crippen LogP) is 1.89. The summed E-state index contributed by atoms with van der Waals surface area (Å²) in [5, 5.41) is 0. The summed E-state index contributed by atoms with van der Waals surface area (Å²) in [4.78, 5) is 13.0. The molecular formula is C11H22N2O. The Balaban J connectivity index is 4.44. The van der Waals surface area contributed by atoms with Gasteiger partial charge in [0.05, 0.1) is 0 Å². The zero-order valence-electron chi connectivity index (χ0n) is 9.76. The van der Waals surface area contributed by atoms with Gasteiger partial charge in [-0.3, -0.25) is 4.79 Å². The molecule has 0 heterocycles. The Hall–Kier alpha value is -0.990. The number of carbonyl (C=O) groups excluding carboxylic acids is 1. The molecule has 0 bridgehead atoms. The van der Waals surface area contributed by atoms with Crippen LogP contribution in [0.2, 0.25) is 0 Å². The van der Waals surface area contributed by atoms with E-state index in [1.807, 2.05) is 19.0 Å². The molecule has 0 aromatic heterocycles. The first-order valence-corrected chi connectivity index (χ1v) is 5.17. The molecule has 82 valence electrons. The maximum atomic E-state index is 11.0. The zero-order chi connectivity index (χ0) is 11.1. The molecule has 0 unspecified atom stereocenters. The highest BCUT2D eigenvalue weighted by molar-refractivity contribution is 5.91. The molecule has 0 aromatic carbocycles. The van der Waals surface area contributed by atoms with Gasteiger partial charge >= 0.3 is 0 Å². The van der Waals surface area contributed by atoms with Crippen molar-refractivity contribution in [2.45, 2.75) is 39.5 Å². The highest BCUT2D eigenvalue weighted by Crippen LogP contribution is 2.15. The number of allylic oxidation sites excluding steroid dienone is 1. The molecule has 0 aromatic rings. The molecule has 0 fully saturated rings. The lowest BCUT2D eigenvalue weighted by Crippen LogP contribution is -2.20. The van der Waals surface area contributed by atoms with Gasteiger partial charge in [0.25, 0.3) is 0 Å². The fourth-order valence-electron chi connectivity index (χ4n) is 1.43. The standard InChI is InChI=1S/C11H22N2O/c1-5-6-7-8-10(13(3)4)9(2)11(12)14/h5-8H2,1-4H3,(H2,12,14). The fraction of sp³-hybridized carbons (Fsp3) is 0.727. The maximum absolute atomic E-state index is 11.0. The van der Waals surface area contributed by atoms with Crippen LogP contribution < -0.4 is 5.73 Å². The zero-order valence-corrected chi connectivity index (χ0v) is 9.76. The molecule has 0 aliphatic carbocycles. The van der Waals surface area contributed by atoms with E-state index in [9.17, 15) is 4.79 Å². The number of rotatable bonds is 6. The minimum absolute atomic E-state index is 0.315. The minimum atomic E-state index is -0.315. The van der Waals surface area contributed by atoms with Gasteiger partial charge in [-0.15, -0.1) is 0 Å². The average molecular weight is 198 g/mol. The second-order valence-corrected chi connectivity index (χ2v) is 3.79. The Bertz CT molecular complexity index is 219. The number of carbonyl (C=O) groups is 1. The summed E-state index contributed by atoms with van der Waals surface area (Å²) in [6.07, 6.45) is 4.45. The Kier molecular flexibility index (Phi) is 6.00. The molecule has 0 aliphatic rings. The van der Waals surface area contributed by atoms with Gasteiger partial charge in [-0.05, 0) is 19.8 Å². The van der Waals surface area contributed by atoms with Crippen molar-refractivity contribution in [3.8, 4) is 0 Å². The molecular weight excluding hydrogens is 176 g/mol. The average Bonchev–Trinajstić information content (AvgIpc) is 2.10. The van der Waals surface area contributed by atoms with E-state index in [0.29, 0.717) is 5.57 Å². The van der Waals surface area contributed by atoms with Crippen LogP contribution in [0.1, 0.15) is 39.5 Å². The van der Waals surface area contributed by atoms with Crippen LogP contribution in [0.25, 0.3) is 0 Å². The van der Waals surface area contributed by atoms with E-state index in [4.69, 9.17) is 5.73 Å². The molecule has 0 radical (unpaired) electrons. The highest BCUT2D eigenvalue weighted by atomic mass is 16.1. The fourth-order valence-corrected chi connectivity index (χ4v) is 1.43. The van der Waals surface area contributed by atoms with E-state index < -0.39 is 0 Å². The largest absolute Gasteiger partial charge is 0.381 e. The number of hydrogen-bond donors (Lipinski definition) is 1. The summed E-state index contributed by atoms with van der Waals surface area (Å²) in [5.74, 6) is -0.315. The first-order valence-electron chi connectivity index (χ1n) is 5.17. The Morgan fingerprint density at radius 1 is 1.29 bits per heavy atom. The summed E-state index contributed by atoms with van der Waals surface area (Å²) in [7, 11) is 3.90.